The van der Waals surface area contributed by atoms with Gasteiger partial charge >= 0.3 is 0 Å². The van der Waals surface area contributed by atoms with Crippen molar-refractivity contribution in [2.45, 2.75) is 32.9 Å². The summed E-state index contributed by atoms with van der Waals surface area (Å²) >= 11 is 0. The van der Waals surface area contributed by atoms with E-state index in [0.29, 0.717) is 0 Å². The van der Waals surface area contributed by atoms with Crippen molar-refractivity contribution in [1.29, 1.82) is 0 Å². The van der Waals surface area contributed by atoms with Gasteiger partial charge in [-0.3, -0.25) is 4.57 Å². The normalized spacial score (nSPS) is 11.5. The van der Waals surface area contributed by atoms with Gasteiger partial charge in [-0.1, -0.05) is 0 Å². The zero-order valence-corrected chi connectivity index (χ0v) is 13.3. The molecule has 5 nitrogen and oxygen atoms in total. The van der Waals surface area contributed by atoms with Crippen LogP contribution in [0.4, 0.5) is 0 Å². The molecule has 0 aliphatic carbocycles. The van der Waals surface area contributed by atoms with Gasteiger partial charge in [0.05, 0.1) is 31.9 Å². The van der Waals surface area contributed by atoms with Crippen molar-refractivity contribution < 1.29 is 9.47 Å². The average Bonchev–Trinajstić information content (AvgIpc) is 2.92. The quantitative estimate of drug-likeness (QED) is 0.919. The Morgan fingerprint density at radius 1 is 1.19 bits per heavy atom. The highest BCUT2D eigenvalue weighted by Crippen LogP contribution is 2.28. The smallest absolute Gasteiger partial charge is 0.143 e. The second-order valence-electron chi connectivity index (χ2n) is 5.90. The molecule has 0 spiro atoms. The molecule has 0 unspecified atom stereocenters. The number of aromatic nitrogens is 2. The van der Waals surface area contributed by atoms with Crippen molar-refractivity contribution in [3.8, 4) is 17.2 Å². The van der Waals surface area contributed by atoms with E-state index in [0.717, 1.165) is 29.4 Å². The Hall–Kier alpha value is -2.01. The van der Waals surface area contributed by atoms with Crippen LogP contribution in [0.2, 0.25) is 0 Å². The van der Waals surface area contributed by atoms with Crippen molar-refractivity contribution >= 4 is 0 Å². The van der Waals surface area contributed by atoms with E-state index in [-0.39, 0.29) is 5.54 Å². The number of nitrogens with zero attached hydrogens (tertiary/aromatic N) is 2. The molecule has 0 radical (unpaired) electrons. The van der Waals surface area contributed by atoms with Crippen LogP contribution in [0.3, 0.4) is 0 Å². The third-order valence-electron chi connectivity index (χ3n) is 3.16. The Bertz CT molecular complexity index is 600. The molecule has 0 bridgehead atoms. The molecule has 0 amide bonds. The third-order valence-corrected chi connectivity index (χ3v) is 3.16. The summed E-state index contributed by atoms with van der Waals surface area (Å²) < 4.78 is 12.8. The molecule has 0 fully saturated rings. The number of hydrogen-bond acceptors (Lipinski definition) is 4. The van der Waals surface area contributed by atoms with Gasteiger partial charge in [0.1, 0.15) is 11.5 Å². The zero-order chi connectivity index (χ0) is 15.5. The van der Waals surface area contributed by atoms with Gasteiger partial charge in [0.15, 0.2) is 0 Å². The molecule has 1 N–H and O–H groups in total. The number of methoxy groups -OCH3 is 2. The van der Waals surface area contributed by atoms with Gasteiger partial charge in [-0.2, -0.15) is 0 Å². The number of rotatable bonds is 5. The predicted octanol–water partition coefficient (Wildman–Crippen LogP) is 2.78. The summed E-state index contributed by atoms with van der Waals surface area (Å²) in [4.78, 5) is 4.26. The highest BCUT2D eigenvalue weighted by atomic mass is 16.5. The van der Waals surface area contributed by atoms with Crippen LogP contribution in [0.1, 0.15) is 26.5 Å². The minimum Gasteiger partial charge on any atom is -0.497 e. The zero-order valence-electron chi connectivity index (χ0n) is 13.3. The van der Waals surface area contributed by atoms with Crippen LogP contribution in [-0.4, -0.2) is 29.3 Å². The highest BCUT2D eigenvalue weighted by molar-refractivity contribution is 5.52. The fourth-order valence-corrected chi connectivity index (χ4v) is 2.01. The Kier molecular flexibility index (Phi) is 4.53. The van der Waals surface area contributed by atoms with Crippen molar-refractivity contribution in [3.05, 3.63) is 36.4 Å². The largest absolute Gasteiger partial charge is 0.497 e. The van der Waals surface area contributed by atoms with Crippen LogP contribution >= 0.6 is 0 Å². The second kappa shape index (κ2) is 6.18. The molecule has 2 aromatic rings. The van der Waals surface area contributed by atoms with Crippen LogP contribution in [0.5, 0.6) is 11.5 Å². The Balaban J connectivity index is 2.36. The summed E-state index contributed by atoms with van der Waals surface area (Å²) in [7, 11) is 3.32. The van der Waals surface area contributed by atoms with E-state index >= 15 is 0 Å². The van der Waals surface area contributed by atoms with Crippen molar-refractivity contribution in [3.63, 3.8) is 0 Å². The van der Waals surface area contributed by atoms with E-state index in [9.17, 15) is 0 Å². The molecule has 2 rings (SSSR count). The monoisotopic (exact) mass is 289 g/mol. The molecule has 0 aliphatic heterocycles. The molecule has 1 heterocycles. The van der Waals surface area contributed by atoms with Crippen molar-refractivity contribution in [2.75, 3.05) is 14.2 Å². The fraction of sp³-hybridized carbons (Fsp3) is 0.438. The summed E-state index contributed by atoms with van der Waals surface area (Å²) in [5, 5.41) is 3.47. The van der Waals surface area contributed by atoms with Gasteiger partial charge < -0.3 is 14.8 Å². The summed E-state index contributed by atoms with van der Waals surface area (Å²) in [5.74, 6) is 1.57. The number of nitrogens with one attached hydrogen (secondary N) is 1. The van der Waals surface area contributed by atoms with Gasteiger partial charge in [0.25, 0.3) is 0 Å². The molecule has 1 aromatic carbocycles. The Morgan fingerprint density at radius 3 is 2.57 bits per heavy atom. The van der Waals surface area contributed by atoms with E-state index < -0.39 is 0 Å². The summed E-state index contributed by atoms with van der Waals surface area (Å²) in [6, 6.07) is 5.72. The van der Waals surface area contributed by atoms with Crippen molar-refractivity contribution in [2.24, 2.45) is 0 Å². The van der Waals surface area contributed by atoms with E-state index in [2.05, 4.69) is 31.1 Å². The first kappa shape index (κ1) is 15.4. The summed E-state index contributed by atoms with van der Waals surface area (Å²) in [5.41, 5.74) is 2.03. The molecule has 0 saturated carbocycles. The van der Waals surface area contributed by atoms with E-state index in [4.69, 9.17) is 9.47 Å². The molecule has 114 valence electrons. The number of benzene rings is 1. The lowest BCUT2D eigenvalue weighted by molar-refractivity contribution is 0.399. The molecule has 0 saturated heterocycles. The van der Waals surface area contributed by atoms with Crippen LogP contribution in [-0.2, 0) is 6.54 Å². The number of ether oxygens (including phenoxy) is 2. The van der Waals surface area contributed by atoms with E-state index in [1.54, 1.807) is 20.5 Å². The molecule has 21 heavy (non-hydrogen) atoms. The van der Waals surface area contributed by atoms with E-state index in [1.165, 1.54) is 0 Å². The summed E-state index contributed by atoms with van der Waals surface area (Å²) in [6.45, 7) is 7.14. The van der Waals surface area contributed by atoms with Crippen LogP contribution < -0.4 is 14.8 Å². The lowest BCUT2D eigenvalue weighted by atomic mass is 10.1. The fourth-order valence-electron chi connectivity index (χ4n) is 2.01. The molecular formula is C16H23N3O2. The maximum Gasteiger partial charge on any atom is 0.143 e. The first-order valence-electron chi connectivity index (χ1n) is 6.93. The second-order valence-corrected chi connectivity index (χ2v) is 5.90. The van der Waals surface area contributed by atoms with E-state index in [1.807, 2.05) is 29.0 Å². The highest BCUT2D eigenvalue weighted by Gasteiger charge is 2.14. The molecular weight excluding hydrogens is 266 g/mol. The van der Waals surface area contributed by atoms with Gasteiger partial charge in [0.2, 0.25) is 0 Å². The van der Waals surface area contributed by atoms with Crippen LogP contribution in [0.25, 0.3) is 5.69 Å². The lowest BCUT2D eigenvalue weighted by Gasteiger charge is -2.21. The van der Waals surface area contributed by atoms with Gasteiger partial charge in [0, 0.05) is 24.3 Å². The number of hydrogen-bond donors (Lipinski definition) is 1. The standard InChI is InChI=1S/C16H23N3O2/c1-16(2,3)18-10-12-9-17-11-19(12)14-8-13(20-4)6-7-15(14)21-5/h6-9,11,18H,10H2,1-5H3. The Labute approximate surface area is 125 Å². The maximum atomic E-state index is 5.44. The third kappa shape index (κ3) is 3.76. The maximum absolute atomic E-state index is 5.44. The van der Waals surface area contributed by atoms with Crippen LogP contribution in [0, 0.1) is 0 Å². The first-order valence-corrected chi connectivity index (χ1v) is 6.93. The SMILES string of the molecule is COc1ccc(OC)c(-n2cncc2CNC(C)(C)C)c1. The number of imidazole rings is 1. The molecule has 0 atom stereocenters. The van der Waals surface area contributed by atoms with Gasteiger partial charge in [-0.25, -0.2) is 4.98 Å². The predicted molar refractivity (Wildman–Crippen MR) is 83.3 cm³/mol. The molecule has 0 aliphatic rings. The first-order chi connectivity index (χ1) is 9.94. The van der Waals surface area contributed by atoms with Crippen molar-refractivity contribution in [1.82, 2.24) is 14.9 Å². The molecule has 5 heteroatoms. The van der Waals surface area contributed by atoms with Gasteiger partial charge in [-0.05, 0) is 32.9 Å². The van der Waals surface area contributed by atoms with Crippen LogP contribution in [0.15, 0.2) is 30.7 Å². The minimum absolute atomic E-state index is 0.0492. The topological polar surface area (TPSA) is 48.3 Å². The Morgan fingerprint density at radius 2 is 1.95 bits per heavy atom. The summed E-state index contributed by atoms with van der Waals surface area (Å²) in [6.07, 6.45) is 3.65. The lowest BCUT2D eigenvalue weighted by Crippen LogP contribution is -2.35. The molecule has 1 aromatic heterocycles. The van der Waals surface area contributed by atoms with Gasteiger partial charge in [-0.15, -0.1) is 0 Å². The minimum atomic E-state index is 0.0492. The average molecular weight is 289 g/mol.